The SMILES string of the molecule is CCNC(C)c1ncc(-c2cc(F)c(Cl)cc2F)o1. The molecular weight excluding hydrogens is 274 g/mol. The van der Waals surface area contributed by atoms with Gasteiger partial charge in [0.25, 0.3) is 0 Å². The highest BCUT2D eigenvalue weighted by Crippen LogP contribution is 2.29. The van der Waals surface area contributed by atoms with Crippen molar-refractivity contribution in [2.45, 2.75) is 19.9 Å². The summed E-state index contributed by atoms with van der Waals surface area (Å²) in [6, 6.07) is 1.82. The fourth-order valence-corrected chi connectivity index (χ4v) is 1.87. The van der Waals surface area contributed by atoms with Gasteiger partial charge in [-0.3, -0.25) is 0 Å². The van der Waals surface area contributed by atoms with Crippen molar-refractivity contribution in [3.05, 3.63) is 40.9 Å². The van der Waals surface area contributed by atoms with Crippen LogP contribution in [0.15, 0.2) is 22.7 Å². The Morgan fingerprint density at radius 2 is 2.11 bits per heavy atom. The molecule has 1 aromatic heterocycles. The smallest absolute Gasteiger partial charge is 0.211 e. The maximum absolute atomic E-state index is 13.7. The third-order valence-electron chi connectivity index (χ3n) is 2.68. The van der Waals surface area contributed by atoms with Crippen LogP contribution in [0, 0.1) is 11.6 Å². The first kappa shape index (κ1) is 14.0. The van der Waals surface area contributed by atoms with E-state index in [1.54, 1.807) is 0 Å². The molecule has 1 atom stereocenters. The van der Waals surface area contributed by atoms with E-state index < -0.39 is 11.6 Å². The van der Waals surface area contributed by atoms with Crippen LogP contribution >= 0.6 is 11.6 Å². The van der Waals surface area contributed by atoms with E-state index in [2.05, 4.69) is 10.3 Å². The summed E-state index contributed by atoms with van der Waals surface area (Å²) in [6.45, 7) is 4.58. The first-order valence-electron chi connectivity index (χ1n) is 5.87. The van der Waals surface area contributed by atoms with E-state index in [4.69, 9.17) is 16.0 Å². The maximum Gasteiger partial charge on any atom is 0.211 e. The topological polar surface area (TPSA) is 38.1 Å². The first-order chi connectivity index (χ1) is 9.02. The minimum Gasteiger partial charge on any atom is -0.439 e. The van der Waals surface area contributed by atoms with Gasteiger partial charge in [0.1, 0.15) is 11.6 Å². The molecule has 0 saturated carbocycles. The molecule has 1 heterocycles. The summed E-state index contributed by atoms with van der Waals surface area (Å²) in [5.74, 6) is -0.750. The summed E-state index contributed by atoms with van der Waals surface area (Å²) in [4.78, 5) is 4.05. The fourth-order valence-electron chi connectivity index (χ4n) is 1.72. The number of hydrogen-bond donors (Lipinski definition) is 1. The predicted molar refractivity (Wildman–Crippen MR) is 69.0 cm³/mol. The molecule has 102 valence electrons. The Morgan fingerprint density at radius 3 is 2.79 bits per heavy atom. The number of oxazole rings is 1. The minimum absolute atomic E-state index is 0.00403. The molecule has 0 amide bonds. The summed E-state index contributed by atoms with van der Waals surface area (Å²) in [5, 5.41) is 2.85. The largest absolute Gasteiger partial charge is 0.439 e. The molecule has 0 fully saturated rings. The quantitative estimate of drug-likeness (QED) is 0.865. The molecule has 3 nitrogen and oxygen atoms in total. The number of hydrogen-bond acceptors (Lipinski definition) is 3. The van der Waals surface area contributed by atoms with Crippen LogP contribution in [0.2, 0.25) is 5.02 Å². The first-order valence-corrected chi connectivity index (χ1v) is 6.24. The van der Waals surface area contributed by atoms with Crippen LogP contribution in [0.1, 0.15) is 25.8 Å². The molecule has 6 heteroatoms. The molecule has 2 rings (SSSR count). The lowest BCUT2D eigenvalue weighted by atomic mass is 10.1. The zero-order chi connectivity index (χ0) is 14.0. The van der Waals surface area contributed by atoms with E-state index in [-0.39, 0.29) is 22.4 Å². The molecule has 1 unspecified atom stereocenters. The highest BCUT2D eigenvalue weighted by atomic mass is 35.5. The number of rotatable bonds is 4. The molecule has 0 aliphatic heterocycles. The molecule has 2 aromatic rings. The third-order valence-corrected chi connectivity index (χ3v) is 2.97. The van der Waals surface area contributed by atoms with Crippen molar-refractivity contribution in [1.29, 1.82) is 0 Å². The van der Waals surface area contributed by atoms with Crippen molar-refractivity contribution < 1.29 is 13.2 Å². The van der Waals surface area contributed by atoms with Gasteiger partial charge >= 0.3 is 0 Å². The average Bonchev–Trinajstić information content (AvgIpc) is 2.83. The van der Waals surface area contributed by atoms with Crippen molar-refractivity contribution in [3.63, 3.8) is 0 Å². The van der Waals surface area contributed by atoms with Gasteiger partial charge in [-0.05, 0) is 25.6 Å². The highest BCUT2D eigenvalue weighted by Gasteiger charge is 2.16. The van der Waals surface area contributed by atoms with Gasteiger partial charge in [0.2, 0.25) is 5.89 Å². The predicted octanol–water partition coefficient (Wildman–Crippen LogP) is 3.94. The molecule has 0 aliphatic carbocycles. The van der Waals surface area contributed by atoms with Gasteiger partial charge in [-0.2, -0.15) is 0 Å². The minimum atomic E-state index is -0.698. The van der Waals surface area contributed by atoms with Crippen LogP contribution in [0.5, 0.6) is 0 Å². The van der Waals surface area contributed by atoms with Crippen molar-refractivity contribution in [3.8, 4) is 11.3 Å². The molecule has 0 spiro atoms. The number of nitrogens with zero attached hydrogens (tertiary/aromatic N) is 1. The van der Waals surface area contributed by atoms with Crippen LogP contribution in [-0.2, 0) is 0 Å². The summed E-state index contributed by atoms with van der Waals surface area (Å²) < 4.78 is 32.5. The van der Waals surface area contributed by atoms with E-state index in [1.165, 1.54) is 6.20 Å². The summed E-state index contributed by atoms with van der Waals surface area (Å²) in [6.07, 6.45) is 1.37. The van der Waals surface area contributed by atoms with Gasteiger partial charge in [0.15, 0.2) is 5.76 Å². The van der Waals surface area contributed by atoms with E-state index in [0.717, 1.165) is 18.7 Å². The Bertz CT molecular complexity index is 586. The lowest BCUT2D eigenvalue weighted by molar-refractivity contribution is 0.427. The average molecular weight is 287 g/mol. The summed E-state index contributed by atoms with van der Waals surface area (Å²) in [7, 11) is 0. The molecule has 0 aliphatic rings. The molecule has 19 heavy (non-hydrogen) atoms. The molecule has 1 N–H and O–H groups in total. The molecule has 0 saturated heterocycles. The van der Waals surface area contributed by atoms with E-state index in [9.17, 15) is 8.78 Å². The van der Waals surface area contributed by atoms with E-state index in [1.807, 2.05) is 13.8 Å². The van der Waals surface area contributed by atoms with Gasteiger partial charge in [-0.1, -0.05) is 18.5 Å². The van der Waals surface area contributed by atoms with Crippen LogP contribution < -0.4 is 5.32 Å². The normalized spacial score (nSPS) is 12.7. The Kier molecular flexibility index (Phi) is 4.17. The number of aromatic nitrogens is 1. The van der Waals surface area contributed by atoms with Crippen molar-refractivity contribution in [2.24, 2.45) is 0 Å². The van der Waals surface area contributed by atoms with Gasteiger partial charge in [0, 0.05) is 0 Å². The second kappa shape index (κ2) is 5.67. The van der Waals surface area contributed by atoms with Crippen molar-refractivity contribution in [1.82, 2.24) is 10.3 Å². The summed E-state index contributed by atoms with van der Waals surface area (Å²) in [5.41, 5.74) is 0.00403. The second-order valence-electron chi connectivity index (χ2n) is 4.09. The van der Waals surface area contributed by atoms with Crippen molar-refractivity contribution in [2.75, 3.05) is 6.54 Å². The zero-order valence-corrected chi connectivity index (χ0v) is 11.3. The van der Waals surface area contributed by atoms with Crippen LogP contribution in [0.25, 0.3) is 11.3 Å². The maximum atomic E-state index is 13.7. The number of halogens is 3. The van der Waals surface area contributed by atoms with Gasteiger partial charge in [-0.25, -0.2) is 13.8 Å². The van der Waals surface area contributed by atoms with E-state index >= 15 is 0 Å². The lowest BCUT2D eigenvalue weighted by Gasteiger charge is -2.07. The van der Waals surface area contributed by atoms with Gasteiger partial charge < -0.3 is 9.73 Å². The Morgan fingerprint density at radius 1 is 1.37 bits per heavy atom. The third kappa shape index (κ3) is 2.93. The fraction of sp³-hybridized carbons (Fsp3) is 0.308. The van der Waals surface area contributed by atoms with Crippen LogP contribution in [0.4, 0.5) is 8.78 Å². The summed E-state index contributed by atoms with van der Waals surface area (Å²) >= 11 is 5.50. The van der Waals surface area contributed by atoms with Crippen LogP contribution in [0.3, 0.4) is 0 Å². The Hall–Kier alpha value is -1.46. The zero-order valence-electron chi connectivity index (χ0n) is 10.5. The van der Waals surface area contributed by atoms with Gasteiger partial charge in [-0.15, -0.1) is 0 Å². The van der Waals surface area contributed by atoms with Crippen LogP contribution in [-0.4, -0.2) is 11.5 Å². The Balaban J connectivity index is 2.35. The highest BCUT2D eigenvalue weighted by molar-refractivity contribution is 6.30. The van der Waals surface area contributed by atoms with Gasteiger partial charge in [0.05, 0.1) is 22.8 Å². The molecule has 0 radical (unpaired) electrons. The second-order valence-corrected chi connectivity index (χ2v) is 4.50. The Labute approximate surface area is 114 Å². The standard InChI is InChI=1S/C13H13ClF2N2O/c1-3-17-7(2)13-18-6-12(19-13)8-4-11(16)9(14)5-10(8)15/h4-7,17H,3H2,1-2H3. The number of benzene rings is 1. The molecular formula is C13H13ClF2N2O. The van der Waals surface area contributed by atoms with E-state index in [0.29, 0.717) is 5.89 Å². The molecule has 1 aromatic carbocycles. The molecule has 0 bridgehead atoms. The lowest BCUT2D eigenvalue weighted by Crippen LogP contribution is -2.17. The number of nitrogens with one attached hydrogen (secondary N) is 1. The van der Waals surface area contributed by atoms with Crippen molar-refractivity contribution >= 4 is 11.6 Å². The monoisotopic (exact) mass is 286 g/mol.